The summed E-state index contributed by atoms with van der Waals surface area (Å²) in [5, 5.41) is 19.3. The summed E-state index contributed by atoms with van der Waals surface area (Å²) in [4.78, 5) is 4.70. The molecule has 0 aliphatic carbocycles. The molecule has 0 aliphatic rings. The molecule has 1 atom stereocenters. The Labute approximate surface area is 188 Å². The molecular formula is C26H22F3NO3. The molecule has 4 aromatic rings. The zero-order valence-corrected chi connectivity index (χ0v) is 17.6. The van der Waals surface area contributed by atoms with Crippen molar-refractivity contribution in [1.29, 1.82) is 0 Å². The minimum absolute atomic E-state index is 0.0177. The van der Waals surface area contributed by atoms with Gasteiger partial charge in [0.25, 0.3) is 0 Å². The lowest BCUT2D eigenvalue weighted by Gasteiger charge is -2.12. The Kier molecular flexibility index (Phi) is 6.62. The summed E-state index contributed by atoms with van der Waals surface area (Å²) in [5.41, 5.74) is 2.75. The molecule has 4 rings (SSSR count). The van der Waals surface area contributed by atoms with Gasteiger partial charge in [-0.3, -0.25) is 0 Å². The van der Waals surface area contributed by atoms with E-state index in [0.717, 1.165) is 34.2 Å². The van der Waals surface area contributed by atoms with Crippen LogP contribution in [0.4, 0.5) is 13.2 Å². The third-order valence-electron chi connectivity index (χ3n) is 5.24. The summed E-state index contributed by atoms with van der Waals surface area (Å²) in [6, 6.07) is 21.9. The number of aliphatic hydroxyl groups excluding tert-OH is 2. The number of hydrogen-bond donors (Lipinski definition) is 2. The lowest BCUT2D eigenvalue weighted by atomic mass is 10.0. The quantitative estimate of drug-likeness (QED) is 0.402. The monoisotopic (exact) mass is 453 g/mol. The molecule has 0 saturated carbocycles. The van der Waals surface area contributed by atoms with Crippen LogP contribution in [0.3, 0.4) is 0 Å². The Morgan fingerprint density at radius 3 is 2.48 bits per heavy atom. The van der Waals surface area contributed by atoms with E-state index in [9.17, 15) is 18.3 Å². The highest BCUT2D eigenvalue weighted by atomic mass is 19.4. The molecule has 0 amide bonds. The third kappa shape index (κ3) is 5.50. The molecule has 0 spiro atoms. The van der Waals surface area contributed by atoms with Gasteiger partial charge < -0.3 is 14.9 Å². The highest BCUT2D eigenvalue weighted by Gasteiger charge is 2.30. The van der Waals surface area contributed by atoms with E-state index in [0.29, 0.717) is 23.4 Å². The number of ether oxygens (including phenoxy) is 1. The summed E-state index contributed by atoms with van der Waals surface area (Å²) in [6.07, 6.45) is -4.83. The molecule has 0 aliphatic heterocycles. The molecule has 1 aromatic heterocycles. The first-order valence-electron chi connectivity index (χ1n) is 10.4. The summed E-state index contributed by atoms with van der Waals surface area (Å²) < 4.78 is 44.9. The standard InChI is InChI=1S/C26H22F3NO3/c27-26(28,29)21-8-3-6-19(14-21)24-11-10-18-5-2-7-20(25(18)30-24)12-17-4-1-9-23(13-17)33-16-22(32)15-31/h1-11,13-14,22,31-32H,12,15-16H2. The summed E-state index contributed by atoms with van der Waals surface area (Å²) >= 11 is 0. The van der Waals surface area contributed by atoms with Crippen molar-refractivity contribution in [2.24, 2.45) is 0 Å². The van der Waals surface area contributed by atoms with Crippen LogP contribution in [0.5, 0.6) is 5.75 Å². The van der Waals surface area contributed by atoms with E-state index in [1.54, 1.807) is 18.2 Å². The second-order valence-electron chi connectivity index (χ2n) is 7.74. The van der Waals surface area contributed by atoms with Crippen molar-refractivity contribution in [2.45, 2.75) is 18.7 Å². The van der Waals surface area contributed by atoms with E-state index < -0.39 is 17.8 Å². The highest BCUT2D eigenvalue weighted by Crippen LogP contribution is 2.32. The molecule has 170 valence electrons. The fourth-order valence-electron chi connectivity index (χ4n) is 3.58. The lowest BCUT2D eigenvalue weighted by Crippen LogP contribution is -2.21. The maximum atomic E-state index is 13.1. The van der Waals surface area contributed by atoms with Crippen molar-refractivity contribution in [3.8, 4) is 17.0 Å². The van der Waals surface area contributed by atoms with Crippen molar-refractivity contribution in [3.05, 3.63) is 95.6 Å². The normalized spacial score (nSPS) is 12.6. The lowest BCUT2D eigenvalue weighted by molar-refractivity contribution is -0.137. The minimum Gasteiger partial charge on any atom is -0.491 e. The van der Waals surface area contributed by atoms with Gasteiger partial charge in [0, 0.05) is 10.9 Å². The molecule has 7 heteroatoms. The molecule has 0 fully saturated rings. The van der Waals surface area contributed by atoms with Crippen LogP contribution in [0, 0.1) is 0 Å². The number of halogens is 3. The maximum absolute atomic E-state index is 13.1. The summed E-state index contributed by atoms with van der Waals surface area (Å²) in [5.74, 6) is 0.567. The number of aromatic nitrogens is 1. The smallest absolute Gasteiger partial charge is 0.416 e. The summed E-state index contributed by atoms with van der Waals surface area (Å²) in [7, 11) is 0. The number of aliphatic hydroxyl groups is 2. The summed E-state index contributed by atoms with van der Waals surface area (Å²) in [6.45, 7) is -0.397. The second-order valence-corrected chi connectivity index (χ2v) is 7.74. The van der Waals surface area contributed by atoms with Crippen LogP contribution in [-0.4, -0.2) is 34.5 Å². The molecule has 1 heterocycles. The van der Waals surface area contributed by atoms with Crippen LogP contribution in [-0.2, 0) is 12.6 Å². The van der Waals surface area contributed by atoms with Gasteiger partial charge in [-0.1, -0.05) is 48.5 Å². The topological polar surface area (TPSA) is 62.6 Å². The van der Waals surface area contributed by atoms with Crippen molar-refractivity contribution in [2.75, 3.05) is 13.2 Å². The minimum atomic E-state index is -4.42. The molecule has 4 nitrogen and oxygen atoms in total. The van der Waals surface area contributed by atoms with Gasteiger partial charge in [0.2, 0.25) is 0 Å². The number of alkyl halides is 3. The van der Waals surface area contributed by atoms with Gasteiger partial charge in [-0.2, -0.15) is 13.2 Å². The molecule has 2 N–H and O–H groups in total. The van der Waals surface area contributed by atoms with E-state index in [2.05, 4.69) is 0 Å². The number of hydrogen-bond acceptors (Lipinski definition) is 4. The van der Waals surface area contributed by atoms with Crippen molar-refractivity contribution < 1.29 is 28.1 Å². The van der Waals surface area contributed by atoms with Crippen molar-refractivity contribution >= 4 is 10.9 Å². The average Bonchev–Trinajstić information content (AvgIpc) is 2.82. The molecule has 3 aromatic carbocycles. The Hall–Kier alpha value is -3.42. The van der Waals surface area contributed by atoms with Gasteiger partial charge >= 0.3 is 6.18 Å². The predicted molar refractivity (Wildman–Crippen MR) is 120 cm³/mol. The third-order valence-corrected chi connectivity index (χ3v) is 5.24. The van der Waals surface area contributed by atoms with E-state index in [1.165, 1.54) is 6.07 Å². The predicted octanol–water partition coefficient (Wildman–Crippen LogP) is 5.24. The van der Waals surface area contributed by atoms with Gasteiger partial charge in [0.1, 0.15) is 18.5 Å². The van der Waals surface area contributed by atoms with Crippen LogP contribution >= 0.6 is 0 Å². The van der Waals surface area contributed by atoms with E-state index in [4.69, 9.17) is 14.8 Å². The van der Waals surface area contributed by atoms with Gasteiger partial charge in [0.05, 0.1) is 23.4 Å². The largest absolute Gasteiger partial charge is 0.491 e. The fraction of sp³-hybridized carbons (Fsp3) is 0.192. The first-order chi connectivity index (χ1) is 15.8. The van der Waals surface area contributed by atoms with Gasteiger partial charge in [-0.15, -0.1) is 0 Å². The zero-order valence-electron chi connectivity index (χ0n) is 17.6. The first kappa shape index (κ1) is 22.8. The van der Waals surface area contributed by atoms with Crippen molar-refractivity contribution in [1.82, 2.24) is 4.98 Å². The fourth-order valence-corrected chi connectivity index (χ4v) is 3.58. The zero-order chi connectivity index (χ0) is 23.4. The van der Waals surface area contributed by atoms with Crippen LogP contribution in [0.15, 0.2) is 78.9 Å². The molecular weight excluding hydrogens is 431 g/mol. The van der Waals surface area contributed by atoms with E-state index in [1.807, 2.05) is 42.5 Å². The highest BCUT2D eigenvalue weighted by molar-refractivity contribution is 5.84. The van der Waals surface area contributed by atoms with Crippen LogP contribution < -0.4 is 4.74 Å². The van der Waals surface area contributed by atoms with Crippen LogP contribution in [0.1, 0.15) is 16.7 Å². The van der Waals surface area contributed by atoms with Crippen molar-refractivity contribution in [3.63, 3.8) is 0 Å². The number of rotatable bonds is 7. The molecule has 33 heavy (non-hydrogen) atoms. The SMILES string of the molecule is OCC(O)COc1cccc(Cc2cccc3ccc(-c4cccc(C(F)(F)F)c4)nc23)c1. The average molecular weight is 453 g/mol. The molecule has 0 bridgehead atoms. The number of para-hydroxylation sites is 1. The first-order valence-corrected chi connectivity index (χ1v) is 10.4. The number of nitrogens with zero attached hydrogens (tertiary/aromatic N) is 1. The van der Waals surface area contributed by atoms with Gasteiger partial charge in [-0.25, -0.2) is 4.98 Å². The molecule has 1 unspecified atom stereocenters. The molecule has 0 radical (unpaired) electrons. The Morgan fingerprint density at radius 1 is 0.909 bits per heavy atom. The second kappa shape index (κ2) is 9.60. The van der Waals surface area contributed by atoms with Gasteiger partial charge in [0.15, 0.2) is 0 Å². The number of pyridine rings is 1. The maximum Gasteiger partial charge on any atom is 0.416 e. The Balaban J connectivity index is 1.65. The Bertz CT molecular complexity index is 1260. The van der Waals surface area contributed by atoms with Crippen LogP contribution in [0.25, 0.3) is 22.2 Å². The Morgan fingerprint density at radius 2 is 1.70 bits per heavy atom. The number of fused-ring (bicyclic) bond motifs is 1. The van der Waals surface area contributed by atoms with Crippen LogP contribution in [0.2, 0.25) is 0 Å². The molecule has 0 saturated heterocycles. The van der Waals surface area contributed by atoms with E-state index in [-0.39, 0.29) is 13.2 Å². The van der Waals surface area contributed by atoms with E-state index >= 15 is 0 Å². The number of benzene rings is 3. The van der Waals surface area contributed by atoms with Gasteiger partial charge in [-0.05, 0) is 47.9 Å².